The van der Waals surface area contributed by atoms with Crippen LogP contribution in [0.3, 0.4) is 0 Å². The molecule has 0 aliphatic carbocycles. The lowest BCUT2D eigenvalue weighted by atomic mass is 10.1. The van der Waals surface area contributed by atoms with Crippen molar-refractivity contribution < 1.29 is 5.11 Å². The summed E-state index contributed by atoms with van der Waals surface area (Å²) < 4.78 is 0.358. The predicted octanol–water partition coefficient (Wildman–Crippen LogP) is 2.52. The number of aliphatic hydroxyl groups excluding tert-OH is 1. The van der Waals surface area contributed by atoms with Crippen molar-refractivity contribution in [3.63, 3.8) is 0 Å². The van der Waals surface area contributed by atoms with Crippen LogP contribution < -0.4 is 5.73 Å². The quantitative estimate of drug-likeness (QED) is 0.835. The molecule has 1 saturated heterocycles. The minimum Gasteiger partial charge on any atom is -0.399 e. The first kappa shape index (κ1) is 14.7. The summed E-state index contributed by atoms with van der Waals surface area (Å²) in [5.74, 6) is 1.14. The fraction of sp³-hybridized carbons (Fsp3) is 0.600. The van der Waals surface area contributed by atoms with Crippen LogP contribution in [0.4, 0.5) is 5.69 Å². The van der Waals surface area contributed by atoms with Crippen molar-refractivity contribution in [2.45, 2.75) is 31.1 Å². The Morgan fingerprint density at radius 3 is 2.95 bits per heavy atom. The molecule has 1 aromatic rings. The summed E-state index contributed by atoms with van der Waals surface area (Å²) >= 11 is 2.03. The standard InChI is InChI=1S/C15H24N2OS/c1-15(2)6-7-17(8-9-19-15)11-14(18)12-4-3-5-13(16)10-12/h3-5,10,14,18H,6-9,11,16H2,1-2H3. The van der Waals surface area contributed by atoms with Crippen LogP contribution in [0.25, 0.3) is 0 Å². The van der Waals surface area contributed by atoms with Crippen LogP contribution in [-0.4, -0.2) is 40.1 Å². The zero-order chi connectivity index (χ0) is 13.9. The molecule has 0 aromatic heterocycles. The largest absolute Gasteiger partial charge is 0.399 e. The van der Waals surface area contributed by atoms with Crippen molar-refractivity contribution in [3.8, 4) is 0 Å². The van der Waals surface area contributed by atoms with E-state index in [1.54, 1.807) is 0 Å². The molecule has 1 aromatic carbocycles. The summed E-state index contributed by atoms with van der Waals surface area (Å²) in [5, 5.41) is 10.3. The molecule has 1 aliphatic rings. The Hall–Kier alpha value is -0.710. The molecule has 2 rings (SSSR count). The summed E-state index contributed by atoms with van der Waals surface area (Å²) in [5.41, 5.74) is 7.39. The topological polar surface area (TPSA) is 49.5 Å². The van der Waals surface area contributed by atoms with Crippen molar-refractivity contribution in [1.29, 1.82) is 0 Å². The van der Waals surface area contributed by atoms with E-state index in [0.717, 1.165) is 24.4 Å². The van der Waals surface area contributed by atoms with E-state index < -0.39 is 6.10 Å². The van der Waals surface area contributed by atoms with E-state index in [9.17, 15) is 5.11 Å². The number of nitrogens with zero attached hydrogens (tertiary/aromatic N) is 1. The second kappa shape index (κ2) is 6.16. The van der Waals surface area contributed by atoms with Gasteiger partial charge >= 0.3 is 0 Å². The number of benzene rings is 1. The number of nitrogen functional groups attached to an aromatic ring is 1. The van der Waals surface area contributed by atoms with Gasteiger partial charge in [-0.1, -0.05) is 26.0 Å². The zero-order valence-electron chi connectivity index (χ0n) is 11.8. The predicted molar refractivity (Wildman–Crippen MR) is 83.4 cm³/mol. The molecule has 1 aliphatic heterocycles. The third-order valence-corrected chi connectivity index (χ3v) is 5.03. The lowest BCUT2D eigenvalue weighted by molar-refractivity contribution is 0.116. The van der Waals surface area contributed by atoms with Crippen molar-refractivity contribution in [1.82, 2.24) is 4.90 Å². The highest BCUT2D eigenvalue weighted by Gasteiger charge is 2.24. The number of aliphatic hydroxyl groups is 1. The molecule has 3 N–H and O–H groups in total. The second-order valence-electron chi connectivity index (χ2n) is 5.84. The van der Waals surface area contributed by atoms with Gasteiger partial charge in [-0.15, -0.1) is 0 Å². The molecule has 106 valence electrons. The van der Waals surface area contributed by atoms with Gasteiger partial charge in [0.25, 0.3) is 0 Å². The Balaban J connectivity index is 1.93. The highest BCUT2D eigenvalue weighted by Crippen LogP contribution is 2.31. The van der Waals surface area contributed by atoms with Gasteiger partial charge in [-0.25, -0.2) is 0 Å². The summed E-state index contributed by atoms with van der Waals surface area (Å²) in [6.07, 6.45) is 0.719. The monoisotopic (exact) mass is 280 g/mol. The molecular weight excluding hydrogens is 256 g/mol. The van der Waals surface area contributed by atoms with E-state index >= 15 is 0 Å². The number of hydrogen-bond acceptors (Lipinski definition) is 4. The van der Waals surface area contributed by atoms with Crippen molar-refractivity contribution in [2.24, 2.45) is 0 Å². The molecule has 0 radical (unpaired) electrons. The highest BCUT2D eigenvalue weighted by atomic mass is 32.2. The fourth-order valence-electron chi connectivity index (χ4n) is 2.36. The van der Waals surface area contributed by atoms with Gasteiger partial charge in [0.1, 0.15) is 0 Å². The van der Waals surface area contributed by atoms with Gasteiger partial charge in [0.05, 0.1) is 6.10 Å². The molecule has 0 spiro atoms. The lowest BCUT2D eigenvalue weighted by Crippen LogP contribution is -2.31. The summed E-state index contributed by atoms with van der Waals surface area (Å²) in [6.45, 7) is 7.40. The van der Waals surface area contributed by atoms with E-state index in [2.05, 4.69) is 18.7 Å². The first-order chi connectivity index (χ1) is 8.96. The van der Waals surface area contributed by atoms with E-state index in [1.807, 2.05) is 36.0 Å². The molecular formula is C15H24N2OS. The van der Waals surface area contributed by atoms with Gasteiger partial charge in [0.15, 0.2) is 0 Å². The van der Waals surface area contributed by atoms with Crippen LogP contribution in [0, 0.1) is 0 Å². The molecule has 1 heterocycles. The Morgan fingerprint density at radius 1 is 1.42 bits per heavy atom. The normalized spacial score (nSPS) is 21.8. The Bertz CT molecular complexity index is 422. The molecule has 1 atom stereocenters. The maximum absolute atomic E-state index is 10.3. The highest BCUT2D eigenvalue weighted by molar-refractivity contribution is 8.00. The van der Waals surface area contributed by atoms with Gasteiger partial charge in [-0.2, -0.15) is 11.8 Å². The van der Waals surface area contributed by atoms with Crippen LogP contribution in [0.1, 0.15) is 31.9 Å². The average molecular weight is 280 g/mol. The molecule has 3 nitrogen and oxygen atoms in total. The average Bonchev–Trinajstić information content (AvgIpc) is 2.51. The van der Waals surface area contributed by atoms with Crippen molar-refractivity contribution in [2.75, 3.05) is 31.1 Å². The van der Waals surface area contributed by atoms with Crippen LogP contribution in [0.5, 0.6) is 0 Å². The molecule has 0 bridgehead atoms. The minimum atomic E-state index is -0.449. The summed E-state index contributed by atoms with van der Waals surface area (Å²) in [7, 11) is 0. The Labute approximate surface area is 120 Å². The van der Waals surface area contributed by atoms with Gasteiger partial charge in [0.2, 0.25) is 0 Å². The number of thioether (sulfide) groups is 1. The zero-order valence-corrected chi connectivity index (χ0v) is 12.6. The van der Waals surface area contributed by atoms with E-state index in [-0.39, 0.29) is 0 Å². The number of anilines is 1. The minimum absolute atomic E-state index is 0.358. The molecule has 19 heavy (non-hydrogen) atoms. The Kier molecular flexibility index (Phi) is 4.76. The summed E-state index contributed by atoms with van der Waals surface area (Å²) in [6, 6.07) is 7.55. The van der Waals surface area contributed by atoms with E-state index in [1.165, 1.54) is 6.42 Å². The van der Waals surface area contributed by atoms with E-state index in [4.69, 9.17) is 5.73 Å². The second-order valence-corrected chi connectivity index (χ2v) is 7.65. The van der Waals surface area contributed by atoms with Crippen LogP contribution in [0.2, 0.25) is 0 Å². The fourth-order valence-corrected chi connectivity index (χ4v) is 3.50. The number of nitrogens with two attached hydrogens (primary N) is 1. The first-order valence-electron chi connectivity index (χ1n) is 6.86. The Morgan fingerprint density at radius 2 is 2.21 bits per heavy atom. The van der Waals surface area contributed by atoms with Crippen LogP contribution in [-0.2, 0) is 0 Å². The molecule has 1 unspecified atom stereocenters. The third-order valence-electron chi connectivity index (χ3n) is 3.66. The van der Waals surface area contributed by atoms with Crippen LogP contribution in [0.15, 0.2) is 24.3 Å². The molecule has 0 amide bonds. The third kappa shape index (κ3) is 4.41. The van der Waals surface area contributed by atoms with Gasteiger partial charge < -0.3 is 10.8 Å². The summed E-state index contributed by atoms with van der Waals surface area (Å²) in [4.78, 5) is 2.36. The SMILES string of the molecule is CC1(C)CCN(CC(O)c2cccc(N)c2)CCS1. The first-order valence-corrected chi connectivity index (χ1v) is 7.85. The van der Waals surface area contributed by atoms with Gasteiger partial charge in [0, 0.05) is 29.3 Å². The number of rotatable bonds is 3. The van der Waals surface area contributed by atoms with Gasteiger partial charge in [-0.05, 0) is 30.7 Å². The van der Waals surface area contributed by atoms with Gasteiger partial charge in [-0.3, -0.25) is 4.90 Å². The lowest BCUT2D eigenvalue weighted by Gasteiger charge is -2.24. The molecule has 0 saturated carbocycles. The smallest absolute Gasteiger partial charge is 0.0917 e. The van der Waals surface area contributed by atoms with Crippen molar-refractivity contribution in [3.05, 3.63) is 29.8 Å². The maximum Gasteiger partial charge on any atom is 0.0917 e. The number of hydrogen-bond donors (Lipinski definition) is 2. The molecule has 4 heteroatoms. The van der Waals surface area contributed by atoms with Crippen LogP contribution >= 0.6 is 11.8 Å². The van der Waals surface area contributed by atoms with Crippen molar-refractivity contribution >= 4 is 17.4 Å². The molecule has 1 fully saturated rings. The number of β-amino-alcohol motifs (C(OH)–C–C–N with tert-alkyl or cyclic N) is 1. The maximum atomic E-state index is 10.3. The van der Waals surface area contributed by atoms with E-state index in [0.29, 0.717) is 17.0 Å².